The minimum absolute atomic E-state index is 0.0742. The minimum Gasteiger partial charge on any atom is -0.466 e. The van der Waals surface area contributed by atoms with Crippen molar-refractivity contribution in [2.75, 3.05) is 38.6 Å². The topological polar surface area (TPSA) is 109 Å². The number of hydrogen-bond acceptors (Lipinski definition) is 6. The van der Waals surface area contributed by atoms with Gasteiger partial charge < -0.3 is 19.9 Å². The maximum absolute atomic E-state index is 12.9. The Morgan fingerprint density at radius 2 is 1.85 bits per heavy atom. The van der Waals surface area contributed by atoms with E-state index < -0.39 is 0 Å². The standard InChI is InChI=1S/C24H28N4O5/c1-3-33-24(32)17-9-12-28(13-10-17)21(29)16-27(2)23(31)18-6-4-8-20(14-18)26-22(30)19-7-5-11-25-15-19/h4-8,11,14-15,17H,3,9-10,12-13,16H2,1-2H3,(H,26,30). The molecule has 0 aliphatic carbocycles. The van der Waals surface area contributed by atoms with E-state index in [0.29, 0.717) is 49.4 Å². The van der Waals surface area contributed by atoms with E-state index in [1.54, 1.807) is 61.5 Å². The second-order valence-electron chi connectivity index (χ2n) is 7.84. The summed E-state index contributed by atoms with van der Waals surface area (Å²) in [6, 6.07) is 9.87. The number of nitrogens with zero attached hydrogens (tertiary/aromatic N) is 3. The van der Waals surface area contributed by atoms with Gasteiger partial charge in [-0.15, -0.1) is 0 Å². The van der Waals surface area contributed by atoms with Gasteiger partial charge in [-0.05, 0) is 50.1 Å². The molecular weight excluding hydrogens is 424 g/mol. The van der Waals surface area contributed by atoms with Crippen LogP contribution in [-0.4, -0.2) is 71.8 Å². The number of hydrogen-bond donors (Lipinski definition) is 1. The highest BCUT2D eigenvalue weighted by Crippen LogP contribution is 2.19. The fraction of sp³-hybridized carbons (Fsp3) is 0.375. The highest BCUT2D eigenvalue weighted by Gasteiger charge is 2.29. The highest BCUT2D eigenvalue weighted by molar-refractivity contribution is 6.05. The van der Waals surface area contributed by atoms with Crippen LogP contribution in [0.4, 0.5) is 5.69 Å². The zero-order valence-electron chi connectivity index (χ0n) is 18.8. The van der Waals surface area contributed by atoms with E-state index in [2.05, 4.69) is 10.3 Å². The first-order chi connectivity index (χ1) is 15.9. The average Bonchev–Trinajstić information content (AvgIpc) is 2.84. The summed E-state index contributed by atoms with van der Waals surface area (Å²) >= 11 is 0. The lowest BCUT2D eigenvalue weighted by Gasteiger charge is -2.32. The van der Waals surface area contributed by atoms with Crippen molar-refractivity contribution in [3.05, 3.63) is 59.9 Å². The van der Waals surface area contributed by atoms with Crippen LogP contribution in [0.15, 0.2) is 48.8 Å². The number of rotatable bonds is 7. The van der Waals surface area contributed by atoms with Gasteiger partial charge in [0.1, 0.15) is 0 Å². The maximum Gasteiger partial charge on any atom is 0.309 e. The molecule has 0 unspecified atom stereocenters. The van der Waals surface area contributed by atoms with Gasteiger partial charge in [-0.3, -0.25) is 24.2 Å². The third-order valence-corrected chi connectivity index (χ3v) is 5.48. The SMILES string of the molecule is CCOC(=O)C1CCN(C(=O)CN(C)C(=O)c2cccc(NC(=O)c3cccnc3)c2)CC1. The molecule has 1 aliphatic heterocycles. The molecule has 1 N–H and O–H groups in total. The van der Waals surface area contributed by atoms with Gasteiger partial charge in [0.2, 0.25) is 5.91 Å². The second kappa shape index (κ2) is 11.2. The van der Waals surface area contributed by atoms with E-state index >= 15 is 0 Å². The first-order valence-electron chi connectivity index (χ1n) is 10.9. The van der Waals surface area contributed by atoms with E-state index in [4.69, 9.17) is 4.74 Å². The summed E-state index contributed by atoms with van der Waals surface area (Å²) in [4.78, 5) is 56.7. The number of ether oxygens (including phenoxy) is 1. The Labute approximate surface area is 192 Å². The lowest BCUT2D eigenvalue weighted by molar-refractivity contribution is -0.151. The van der Waals surface area contributed by atoms with Crippen molar-refractivity contribution in [2.24, 2.45) is 5.92 Å². The molecule has 0 spiro atoms. The Kier molecular flexibility index (Phi) is 8.12. The van der Waals surface area contributed by atoms with E-state index in [-0.39, 0.29) is 36.2 Å². The van der Waals surface area contributed by atoms with Crippen molar-refractivity contribution in [1.82, 2.24) is 14.8 Å². The number of amides is 3. The molecule has 33 heavy (non-hydrogen) atoms. The lowest BCUT2D eigenvalue weighted by Crippen LogP contribution is -2.45. The molecule has 2 heterocycles. The van der Waals surface area contributed by atoms with Crippen LogP contribution >= 0.6 is 0 Å². The van der Waals surface area contributed by atoms with Crippen molar-refractivity contribution in [1.29, 1.82) is 0 Å². The number of pyridine rings is 1. The highest BCUT2D eigenvalue weighted by atomic mass is 16.5. The van der Waals surface area contributed by atoms with Crippen LogP contribution in [0.5, 0.6) is 0 Å². The number of nitrogens with one attached hydrogen (secondary N) is 1. The lowest BCUT2D eigenvalue weighted by atomic mass is 9.97. The number of benzene rings is 1. The van der Waals surface area contributed by atoms with Crippen molar-refractivity contribution in [3.63, 3.8) is 0 Å². The first-order valence-corrected chi connectivity index (χ1v) is 10.9. The molecule has 1 fully saturated rings. The molecule has 174 valence electrons. The predicted molar refractivity (Wildman–Crippen MR) is 122 cm³/mol. The van der Waals surface area contributed by atoms with E-state index in [0.717, 1.165) is 0 Å². The van der Waals surface area contributed by atoms with Crippen LogP contribution in [0.3, 0.4) is 0 Å². The Bertz CT molecular complexity index is 1000. The number of likely N-dealkylation sites (N-methyl/N-ethyl adjacent to an activating group) is 1. The van der Waals surface area contributed by atoms with E-state index in [9.17, 15) is 19.2 Å². The first kappa shape index (κ1) is 23.9. The number of aromatic nitrogens is 1. The molecule has 1 aliphatic rings. The summed E-state index contributed by atoms with van der Waals surface area (Å²) in [5, 5.41) is 2.74. The normalized spacial score (nSPS) is 13.8. The van der Waals surface area contributed by atoms with Crippen molar-refractivity contribution in [3.8, 4) is 0 Å². The van der Waals surface area contributed by atoms with Crippen LogP contribution in [-0.2, 0) is 14.3 Å². The third kappa shape index (κ3) is 6.38. The molecule has 0 atom stereocenters. The smallest absolute Gasteiger partial charge is 0.309 e. The monoisotopic (exact) mass is 452 g/mol. The summed E-state index contributed by atoms with van der Waals surface area (Å²) in [5.41, 5.74) is 1.23. The number of carbonyl (C=O) groups excluding carboxylic acids is 4. The summed E-state index contributed by atoms with van der Waals surface area (Å²) in [5.74, 6) is -1.23. The number of anilines is 1. The minimum atomic E-state index is -0.331. The summed E-state index contributed by atoms with van der Waals surface area (Å²) in [7, 11) is 1.56. The number of carbonyl (C=O) groups is 4. The van der Waals surface area contributed by atoms with Gasteiger partial charge in [-0.25, -0.2) is 0 Å². The van der Waals surface area contributed by atoms with Crippen LogP contribution in [0.1, 0.15) is 40.5 Å². The largest absolute Gasteiger partial charge is 0.466 e. The van der Waals surface area contributed by atoms with Gasteiger partial charge >= 0.3 is 5.97 Å². The Balaban J connectivity index is 1.54. The molecule has 0 bridgehead atoms. The predicted octanol–water partition coefficient (Wildman–Crippen LogP) is 2.21. The number of likely N-dealkylation sites (tertiary alicyclic amines) is 1. The molecule has 0 saturated carbocycles. The second-order valence-corrected chi connectivity index (χ2v) is 7.84. The van der Waals surface area contributed by atoms with Gasteiger partial charge in [-0.1, -0.05) is 6.07 Å². The molecule has 9 nitrogen and oxygen atoms in total. The third-order valence-electron chi connectivity index (χ3n) is 5.48. The fourth-order valence-corrected chi connectivity index (χ4v) is 3.65. The molecule has 3 rings (SSSR count). The van der Waals surface area contributed by atoms with Crippen LogP contribution < -0.4 is 5.32 Å². The van der Waals surface area contributed by atoms with Gasteiger partial charge in [0, 0.05) is 43.8 Å². The maximum atomic E-state index is 12.9. The average molecular weight is 453 g/mol. The van der Waals surface area contributed by atoms with Gasteiger partial charge in [0.05, 0.1) is 24.6 Å². The quantitative estimate of drug-likeness (QED) is 0.645. The molecule has 3 amide bonds. The molecule has 0 radical (unpaired) electrons. The Morgan fingerprint density at radius 3 is 2.52 bits per heavy atom. The van der Waals surface area contributed by atoms with Crippen molar-refractivity contribution >= 4 is 29.4 Å². The van der Waals surface area contributed by atoms with E-state index in [1.165, 1.54) is 11.1 Å². The Hall–Kier alpha value is -3.75. The molecular formula is C24H28N4O5. The molecule has 9 heteroatoms. The van der Waals surface area contributed by atoms with Gasteiger partial charge in [-0.2, -0.15) is 0 Å². The van der Waals surface area contributed by atoms with Gasteiger partial charge in [0.15, 0.2) is 0 Å². The molecule has 1 aromatic heterocycles. The zero-order chi connectivity index (χ0) is 23.8. The Morgan fingerprint density at radius 1 is 1.12 bits per heavy atom. The van der Waals surface area contributed by atoms with Crippen molar-refractivity contribution < 1.29 is 23.9 Å². The number of piperidine rings is 1. The number of esters is 1. The molecule has 1 saturated heterocycles. The zero-order valence-corrected chi connectivity index (χ0v) is 18.8. The molecule has 2 aromatic rings. The van der Waals surface area contributed by atoms with E-state index in [1.807, 2.05) is 0 Å². The van der Waals surface area contributed by atoms with Gasteiger partial charge in [0.25, 0.3) is 11.8 Å². The summed E-state index contributed by atoms with van der Waals surface area (Å²) in [6.07, 6.45) is 4.15. The van der Waals surface area contributed by atoms with Crippen molar-refractivity contribution in [2.45, 2.75) is 19.8 Å². The van der Waals surface area contributed by atoms with Crippen LogP contribution in [0, 0.1) is 5.92 Å². The molecule has 1 aromatic carbocycles. The summed E-state index contributed by atoms with van der Waals surface area (Å²) in [6.45, 7) is 2.96. The summed E-state index contributed by atoms with van der Waals surface area (Å²) < 4.78 is 5.06. The van der Waals surface area contributed by atoms with Crippen LogP contribution in [0.25, 0.3) is 0 Å². The van der Waals surface area contributed by atoms with Crippen LogP contribution in [0.2, 0.25) is 0 Å². The fourth-order valence-electron chi connectivity index (χ4n) is 3.65.